The Morgan fingerprint density at radius 3 is 2.56 bits per heavy atom. The lowest BCUT2D eigenvalue weighted by molar-refractivity contribution is -0.119. The average molecular weight is 360 g/mol. The number of halogens is 1. The van der Waals surface area contributed by atoms with Crippen LogP contribution in [0.3, 0.4) is 0 Å². The number of aryl methyl sites for hydroxylation is 1. The number of nitrogens with zero attached hydrogens (tertiary/aromatic N) is 2. The van der Waals surface area contributed by atoms with Crippen LogP contribution in [0.5, 0.6) is 0 Å². The van der Waals surface area contributed by atoms with Gasteiger partial charge in [-0.2, -0.15) is 0 Å². The topological polar surface area (TPSA) is 49.6 Å². The fourth-order valence-electron chi connectivity index (χ4n) is 3.31. The van der Waals surface area contributed by atoms with E-state index in [0.717, 1.165) is 38.2 Å². The number of fused-ring (bicyclic) bond motifs is 1. The average Bonchev–Trinajstić information content (AvgIpc) is 2.62. The van der Waals surface area contributed by atoms with E-state index in [9.17, 15) is 4.79 Å². The van der Waals surface area contributed by atoms with E-state index in [-0.39, 0.29) is 18.3 Å². The van der Waals surface area contributed by atoms with Gasteiger partial charge in [-0.25, -0.2) is 0 Å². The Labute approximate surface area is 156 Å². The molecule has 2 aromatic carbocycles. The summed E-state index contributed by atoms with van der Waals surface area (Å²) in [7, 11) is 0. The fraction of sp³-hybridized carbons (Fsp3) is 0.350. The van der Waals surface area contributed by atoms with Crippen LogP contribution in [0.2, 0.25) is 0 Å². The van der Waals surface area contributed by atoms with E-state index >= 15 is 0 Å². The number of para-hydroxylation sites is 1. The quantitative estimate of drug-likeness (QED) is 0.862. The van der Waals surface area contributed by atoms with Gasteiger partial charge in [0.05, 0.1) is 6.54 Å². The van der Waals surface area contributed by atoms with Crippen molar-refractivity contribution in [2.45, 2.75) is 19.4 Å². The van der Waals surface area contributed by atoms with Gasteiger partial charge in [0.25, 0.3) is 0 Å². The Balaban J connectivity index is 0.00000225. The van der Waals surface area contributed by atoms with Gasteiger partial charge >= 0.3 is 0 Å². The maximum Gasteiger partial charge on any atom is 0.241 e. The Morgan fingerprint density at radius 1 is 1.08 bits per heavy atom. The first-order valence-electron chi connectivity index (χ1n) is 8.62. The van der Waals surface area contributed by atoms with Crippen LogP contribution in [0, 0.1) is 0 Å². The van der Waals surface area contributed by atoms with Crippen LogP contribution in [-0.4, -0.2) is 37.0 Å². The minimum absolute atomic E-state index is 0. The molecule has 0 bridgehead atoms. The molecule has 134 valence electrons. The van der Waals surface area contributed by atoms with Crippen LogP contribution >= 0.6 is 12.4 Å². The molecule has 0 saturated heterocycles. The Kier molecular flexibility index (Phi) is 7.44. The Morgan fingerprint density at radius 2 is 1.80 bits per heavy atom. The third-order valence-corrected chi connectivity index (χ3v) is 4.46. The number of carbonyl (C=O) groups excluding carboxylic acids is 1. The van der Waals surface area contributed by atoms with Gasteiger partial charge in [0, 0.05) is 31.9 Å². The zero-order chi connectivity index (χ0) is 16.8. The summed E-state index contributed by atoms with van der Waals surface area (Å²) in [6.45, 7) is 3.23. The monoisotopic (exact) mass is 359 g/mol. The lowest BCUT2D eigenvalue weighted by atomic mass is 10.0. The van der Waals surface area contributed by atoms with Crippen molar-refractivity contribution in [1.82, 2.24) is 4.90 Å². The number of benzene rings is 2. The summed E-state index contributed by atoms with van der Waals surface area (Å²) < 4.78 is 0. The summed E-state index contributed by atoms with van der Waals surface area (Å²) in [5, 5.41) is 0. The van der Waals surface area contributed by atoms with Crippen molar-refractivity contribution in [1.29, 1.82) is 0 Å². The first-order chi connectivity index (χ1) is 11.8. The second-order valence-electron chi connectivity index (χ2n) is 6.26. The highest BCUT2D eigenvalue weighted by molar-refractivity contribution is 5.95. The van der Waals surface area contributed by atoms with Crippen LogP contribution in [0.1, 0.15) is 17.5 Å². The summed E-state index contributed by atoms with van der Waals surface area (Å²) in [6, 6.07) is 18.5. The lowest BCUT2D eigenvalue weighted by Gasteiger charge is -2.31. The maximum absolute atomic E-state index is 12.9. The second kappa shape index (κ2) is 9.56. The summed E-state index contributed by atoms with van der Waals surface area (Å²) in [6.07, 6.45) is 2.08. The second-order valence-corrected chi connectivity index (χ2v) is 6.26. The maximum atomic E-state index is 12.9. The van der Waals surface area contributed by atoms with Crippen molar-refractivity contribution >= 4 is 24.0 Å². The molecular weight excluding hydrogens is 334 g/mol. The first-order valence-corrected chi connectivity index (χ1v) is 8.62. The zero-order valence-electron chi connectivity index (χ0n) is 14.4. The highest BCUT2D eigenvalue weighted by Gasteiger charge is 2.23. The van der Waals surface area contributed by atoms with E-state index < -0.39 is 0 Å². The van der Waals surface area contributed by atoms with Gasteiger partial charge < -0.3 is 10.6 Å². The molecule has 0 radical (unpaired) electrons. The van der Waals surface area contributed by atoms with E-state index in [0.29, 0.717) is 13.1 Å². The largest absolute Gasteiger partial charge is 0.329 e. The van der Waals surface area contributed by atoms with Gasteiger partial charge in [-0.1, -0.05) is 48.5 Å². The van der Waals surface area contributed by atoms with E-state index in [2.05, 4.69) is 29.2 Å². The molecule has 3 rings (SSSR count). The molecule has 1 aliphatic rings. The molecule has 1 heterocycles. The lowest BCUT2D eigenvalue weighted by Crippen LogP contribution is -2.43. The van der Waals surface area contributed by atoms with Crippen molar-refractivity contribution in [2.24, 2.45) is 5.73 Å². The van der Waals surface area contributed by atoms with Gasteiger partial charge in [0.2, 0.25) is 5.91 Å². The predicted molar refractivity (Wildman–Crippen MR) is 105 cm³/mol. The third kappa shape index (κ3) is 5.05. The van der Waals surface area contributed by atoms with Crippen LogP contribution in [0.4, 0.5) is 5.69 Å². The Hall–Kier alpha value is -1.88. The van der Waals surface area contributed by atoms with Gasteiger partial charge in [-0.15, -0.1) is 12.4 Å². The molecule has 4 nitrogen and oxygen atoms in total. The van der Waals surface area contributed by atoms with E-state index in [4.69, 9.17) is 5.73 Å². The first kappa shape index (κ1) is 19.4. The molecule has 0 saturated carbocycles. The molecule has 0 aromatic heterocycles. The zero-order valence-corrected chi connectivity index (χ0v) is 15.3. The normalized spacial score (nSPS) is 13.3. The minimum Gasteiger partial charge on any atom is -0.329 e. The molecule has 1 amide bonds. The van der Waals surface area contributed by atoms with Crippen LogP contribution in [0.15, 0.2) is 54.6 Å². The van der Waals surface area contributed by atoms with Crippen LogP contribution < -0.4 is 10.6 Å². The summed E-state index contributed by atoms with van der Waals surface area (Å²) in [4.78, 5) is 17.0. The summed E-state index contributed by atoms with van der Waals surface area (Å²) >= 11 is 0. The molecule has 0 spiro atoms. The Bertz CT molecular complexity index is 678. The van der Waals surface area contributed by atoms with E-state index in [1.54, 1.807) is 0 Å². The van der Waals surface area contributed by atoms with Crippen LogP contribution in [-0.2, 0) is 17.8 Å². The molecule has 0 unspecified atom stereocenters. The summed E-state index contributed by atoms with van der Waals surface area (Å²) in [5.74, 6) is 0.159. The molecule has 2 aromatic rings. The number of amides is 1. The predicted octanol–water partition coefficient (Wildman–Crippen LogP) is 2.85. The molecule has 1 aliphatic heterocycles. The number of nitrogens with two attached hydrogens (primary N) is 1. The molecule has 0 fully saturated rings. The molecule has 2 N–H and O–H groups in total. The number of rotatable bonds is 6. The smallest absolute Gasteiger partial charge is 0.241 e. The molecule has 0 aliphatic carbocycles. The van der Waals surface area contributed by atoms with E-state index in [1.165, 1.54) is 11.1 Å². The third-order valence-electron chi connectivity index (χ3n) is 4.46. The molecular formula is C20H26ClN3O. The van der Waals surface area contributed by atoms with E-state index in [1.807, 2.05) is 35.2 Å². The highest BCUT2D eigenvalue weighted by Crippen LogP contribution is 2.26. The van der Waals surface area contributed by atoms with Crippen molar-refractivity contribution in [3.05, 3.63) is 65.7 Å². The number of anilines is 1. The van der Waals surface area contributed by atoms with Crippen LogP contribution in [0.25, 0.3) is 0 Å². The fourth-order valence-corrected chi connectivity index (χ4v) is 3.31. The van der Waals surface area contributed by atoms with Crippen molar-refractivity contribution in [3.63, 3.8) is 0 Å². The van der Waals surface area contributed by atoms with Crippen molar-refractivity contribution in [2.75, 3.05) is 31.1 Å². The van der Waals surface area contributed by atoms with Gasteiger partial charge in [-0.3, -0.25) is 9.69 Å². The highest BCUT2D eigenvalue weighted by atomic mass is 35.5. The van der Waals surface area contributed by atoms with Crippen molar-refractivity contribution < 1.29 is 4.79 Å². The summed E-state index contributed by atoms with van der Waals surface area (Å²) in [5.41, 5.74) is 9.29. The van der Waals surface area contributed by atoms with Crippen molar-refractivity contribution in [3.8, 4) is 0 Å². The standard InChI is InChI=1S/C20H25N3O.ClH/c21-12-14-22(15-17-7-2-1-3-8-17)16-20(24)23-13-6-10-18-9-4-5-11-19(18)23;/h1-5,7-9,11H,6,10,12-16,21H2;1H. The number of hydrogen-bond acceptors (Lipinski definition) is 3. The molecule has 25 heavy (non-hydrogen) atoms. The van der Waals surface area contributed by atoms with Gasteiger partial charge in [0.15, 0.2) is 0 Å². The van der Waals surface area contributed by atoms with Gasteiger partial charge in [0.1, 0.15) is 0 Å². The number of hydrogen-bond donors (Lipinski definition) is 1. The molecule has 0 atom stereocenters. The SMILES string of the molecule is Cl.NCCN(CC(=O)N1CCCc2ccccc21)Cc1ccccc1. The molecule has 5 heteroatoms. The number of carbonyl (C=O) groups is 1. The minimum atomic E-state index is 0. The van der Waals surface area contributed by atoms with Gasteiger partial charge in [-0.05, 0) is 30.0 Å².